The van der Waals surface area contributed by atoms with Crippen LogP contribution in [-0.2, 0) is 0 Å². The molecule has 0 aliphatic heterocycles. The zero-order valence-electron chi connectivity index (χ0n) is 11.0. The van der Waals surface area contributed by atoms with Gasteiger partial charge in [0.2, 0.25) is 0 Å². The Labute approximate surface area is 103 Å². The van der Waals surface area contributed by atoms with Crippen molar-refractivity contribution >= 4 is 5.69 Å². The van der Waals surface area contributed by atoms with Crippen molar-refractivity contribution in [2.75, 3.05) is 5.73 Å². The van der Waals surface area contributed by atoms with Gasteiger partial charge in [-0.2, -0.15) is 0 Å². The van der Waals surface area contributed by atoms with E-state index >= 15 is 0 Å². The van der Waals surface area contributed by atoms with E-state index < -0.39 is 0 Å². The first kappa shape index (κ1) is 11.7. The Hall–Kier alpha value is -1.76. The largest absolute Gasteiger partial charge is 0.399 e. The fraction of sp³-hybridized carbons (Fsp3) is 0.250. The third kappa shape index (κ3) is 2.33. The molecule has 0 spiro atoms. The maximum absolute atomic E-state index is 5.91. The molecular weight excluding hydrogens is 206 g/mol. The van der Waals surface area contributed by atoms with Crippen molar-refractivity contribution in [2.45, 2.75) is 27.7 Å². The molecule has 0 radical (unpaired) electrons. The van der Waals surface area contributed by atoms with Crippen molar-refractivity contribution in [1.29, 1.82) is 0 Å². The zero-order chi connectivity index (χ0) is 12.6. The fourth-order valence-corrected chi connectivity index (χ4v) is 2.24. The summed E-state index contributed by atoms with van der Waals surface area (Å²) in [5, 5.41) is 0. The molecule has 2 N–H and O–H groups in total. The first-order valence-corrected chi connectivity index (χ1v) is 5.93. The number of anilines is 1. The van der Waals surface area contributed by atoms with E-state index in [9.17, 15) is 0 Å². The summed E-state index contributed by atoms with van der Waals surface area (Å²) < 4.78 is 0. The van der Waals surface area contributed by atoms with Gasteiger partial charge in [-0.25, -0.2) is 0 Å². The predicted molar refractivity (Wildman–Crippen MR) is 75.2 cm³/mol. The number of nitrogens with two attached hydrogens (primary N) is 1. The topological polar surface area (TPSA) is 26.0 Å². The van der Waals surface area contributed by atoms with Crippen LogP contribution in [-0.4, -0.2) is 0 Å². The minimum atomic E-state index is 0.831. The van der Waals surface area contributed by atoms with E-state index in [4.69, 9.17) is 5.73 Å². The van der Waals surface area contributed by atoms with Crippen LogP contribution in [0.25, 0.3) is 11.1 Å². The van der Waals surface area contributed by atoms with E-state index in [0.717, 1.165) is 5.69 Å². The first-order valence-electron chi connectivity index (χ1n) is 5.93. The van der Waals surface area contributed by atoms with Crippen LogP contribution in [0.3, 0.4) is 0 Å². The van der Waals surface area contributed by atoms with Crippen LogP contribution in [0.5, 0.6) is 0 Å². The van der Waals surface area contributed by atoms with Crippen molar-refractivity contribution in [1.82, 2.24) is 0 Å². The summed E-state index contributed by atoms with van der Waals surface area (Å²) in [6.45, 7) is 8.53. The molecular formula is C16H19N. The summed E-state index contributed by atoms with van der Waals surface area (Å²) in [6, 6.07) is 10.7. The Balaban J connectivity index is 2.64. The Bertz CT molecular complexity index is 548. The van der Waals surface area contributed by atoms with E-state index in [1.54, 1.807) is 0 Å². The van der Waals surface area contributed by atoms with Crippen molar-refractivity contribution < 1.29 is 0 Å². The molecule has 1 nitrogen and oxygen atoms in total. The van der Waals surface area contributed by atoms with Gasteiger partial charge in [-0.3, -0.25) is 0 Å². The second kappa shape index (κ2) is 4.25. The number of benzene rings is 2. The first-order chi connectivity index (χ1) is 7.97. The lowest BCUT2D eigenvalue weighted by atomic mass is 9.94. The van der Waals surface area contributed by atoms with Crippen molar-refractivity contribution in [2.24, 2.45) is 0 Å². The van der Waals surface area contributed by atoms with Crippen LogP contribution in [0.2, 0.25) is 0 Å². The number of hydrogen-bond acceptors (Lipinski definition) is 1. The van der Waals surface area contributed by atoms with Gasteiger partial charge in [-0.15, -0.1) is 0 Å². The number of rotatable bonds is 1. The standard InChI is InChI=1S/C16H19N/c1-10-5-14(9-15(17)6-10)16-8-12(3)11(2)7-13(16)4/h5-9H,17H2,1-4H3. The third-order valence-electron chi connectivity index (χ3n) is 3.25. The summed E-state index contributed by atoms with van der Waals surface area (Å²) in [7, 11) is 0. The molecule has 0 saturated heterocycles. The predicted octanol–water partition coefficient (Wildman–Crippen LogP) is 4.17. The molecule has 0 unspecified atom stereocenters. The molecule has 0 bridgehead atoms. The van der Waals surface area contributed by atoms with Gasteiger partial charge in [0.15, 0.2) is 0 Å². The average Bonchev–Trinajstić information content (AvgIpc) is 2.22. The SMILES string of the molecule is Cc1cc(N)cc(-c2cc(C)c(C)cc2C)c1. The number of aryl methyl sites for hydroxylation is 4. The average molecular weight is 225 g/mol. The minimum Gasteiger partial charge on any atom is -0.399 e. The minimum absolute atomic E-state index is 0.831. The molecule has 2 aromatic rings. The molecule has 0 saturated carbocycles. The van der Waals surface area contributed by atoms with E-state index in [1.807, 2.05) is 12.1 Å². The van der Waals surface area contributed by atoms with Gasteiger partial charge in [0.05, 0.1) is 0 Å². The quantitative estimate of drug-likeness (QED) is 0.724. The molecule has 1 heteroatoms. The van der Waals surface area contributed by atoms with Crippen LogP contribution < -0.4 is 5.73 Å². The van der Waals surface area contributed by atoms with Gasteiger partial charge in [-0.05, 0) is 73.2 Å². The highest BCUT2D eigenvalue weighted by Crippen LogP contribution is 2.28. The van der Waals surface area contributed by atoms with Gasteiger partial charge in [0.1, 0.15) is 0 Å². The molecule has 0 aromatic heterocycles. The Morgan fingerprint density at radius 3 is 2.00 bits per heavy atom. The second-order valence-corrected chi connectivity index (χ2v) is 4.88. The smallest absolute Gasteiger partial charge is 0.0322 e. The molecule has 2 rings (SSSR count). The molecule has 2 aromatic carbocycles. The van der Waals surface area contributed by atoms with Crippen LogP contribution in [0.4, 0.5) is 5.69 Å². The second-order valence-electron chi connectivity index (χ2n) is 4.88. The summed E-state index contributed by atoms with van der Waals surface area (Å²) >= 11 is 0. The third-order valence-corrected chi connectivity index (χ3v) is 3.25. The van der Waals surface area contributed by atoms with Crippen molar-refractivity contribution in [3.05, 3.63) is 52.6 Å². The Morgan fingerprint density at radius 2 is 1.35 bits per heavy atom. The van der Waals surface area contributed by atoms with Crippen LogP contribution in [0.15, 0.2) is 30.3 Å². The highest BCUT2D eigenvalue weighted by atomic mass is 14.5. The highest BCUT2D eigenvalue weighted by Gasteiger charge is 2.05. The van der Waals surface area contributed by atoms with E-state index in [1.165, 1.54) is 33.4 Å². The van der Waals surface area contributed by atoms with Gasteiger partial charge in [0.25, 0.3) is 0 Å². The molecule has 0 fully saturated rings. The zero-order valence-corrected chi connectivity index (χ0v) is 11.0. The lowest BCUT2D eigenvalue weighted by Gasteiger charge is -2.11. The molecule has 0 heterocycles. The monoisotopic (exact) mass is 225 g/mol. The lowest BCUT2D eigenvalue weighted by molar-refractivity contribution is 1.30. The Morgan fingerprint density at radius 1 is 0.706 bits per heavy atom. The van der Waals surface area contributed by atoms with Crippen molar-refractivity contribution in [3.63, 3.8) is 0 Å². The van der Waals surface area contributed by atoms with Gasteiger partial charge < -0.3 is 5.73 Å². The van der Waals surface area contributed by atoms with E-state index in [0.29, 0.717) is 0 Å². The van der Waals surface area contributed by atoms with Crippen LogP contribution in [0.1, 0.15) is 22.3 Å². The number of nitrogen functional groups attached to an aromatic ring is 1. The van der Waals surface area contributed by atoms with E-state index in [-0.39, 0.29) is 0 Å². The maximum Gasteiger partial charge on any atom is 0.0322 e. The molecule has 0 amide bonds. The molecule has 0 atom stereocenters. The summed E-state index contributed by atoms with van der Waals surface area (Å²) in [6.07, 6.45) is 0. The lowest BCUT2D eigenvalue weighted by Crippen LogP contribution is -1.92. The van der Waals surface area contributed by atoms with Crippen LogP contribution in [0, 0.1) is 27.7 Å². The summed E-state index contributed by atoms with van der Waals surface area (Å²) in [5.74, 6) is 0. The molecule has 17 heavy (non-hydrogen) atoms. The molecule has 88 valence electrons. The maximum atomic E-state index is 5.91. The van der Waals surface area contributed by atoms with Gasteiger partial charge in [0, 0.05) is 5.69 Å². The molecule has 0 aliphatic rings. The van der Waals surface area contributed by atoms with Crippen molar-refractivity contribution in [3.8, 4) is 11.1 Å². The normalized spacial score (nSPS) is 10.6. The summed E-state index contributed by atoms with van der Waals surface area (Å²) in [4.78, 5) is 0. The number of hydrogen-bond donors (Lipinski definition) is 1. The Kier molecular flexibility index (Phi) is 2.93. The molecule has 0 aliphatic carbocycles. The highest BCUT2D eigenvalue weighted by molar-refractivity contribution is 5.72. The van der Waals surface area contributed by atoms with Gasteiger partial charge >= 0.3 is 0 Å². The van der Waals surface area contributed by atoms with Crippen LogP contribution >= 0.6 is 0 Å². The fourth-order valence-electron chi connectivity index (χ4n) is 2.24. The van der Waals surface area contributed by atoms with E-state index in [2.05, 4.69) is 45.9 Å². The summed E-state index contributed by atoms with van der Waals surface area (Å²) in [5.41, 5.74) is 14.4. The van der Waals surface area contributed by atoms with Gasteiger partial charge in [-0.1, -0.05) is 18.2 Å².